The van der Waals surface area contributed by atoms with Crippen LogP contribution < -0.4 is 5.73 Å². The monoisotopic (exact) mass is 299 g/mol. The van der Waals surface area contributed by atoms with Gasteiger partial charge in [-0.1, -0.05) is 17.7 Å². The van der Waals surface area contributed by atoms with E-state index in [1.165, 1.54) is 0 Å². The standard InChI is InChI=1S/C15H13ClF3N/c1-7-3-10(11(16)4-8(7)2)15(20)9-5-12(17)14(19)13(18)6-9/h3-6,15H,20H2,1-2H3. The molecular weight excluding hydrogens is 287 g/mol. The first kappa shape index (κ1) is 14.9. The zero-order chi connectivity index (χ0) is 15.0. The highest BCUT2D eigenvalue weighted by molar-refractivity contribution is 6.31. The minimum absolute atomic E-state index is 0.131. The van der Waals surface area contributed by atoms with Gasteiger partial charge in [-0.3, -0.25) is 0 Å². The minimum atomic E-state index is -1.51. The molecule has 2 aromatic rings. The van der Waals surface area contributed by atoms with Crippen LogP contribution in [0.1, 0.15) is 28.3 Å². The summed E-state index contributed by atoms with van der Waals surface area (Å²) in [6.45, 7) is 3.78. The molecule has 0 amide bonds. The lowest BCUT2D eigenvalue weighted by atomic mass is 9.96. The van der Waals surface area contributed by atoms with Gasteiger partial charge in [-0.05, 0) is 54.3 Å². The first-order valence-corrected chi connectivity index (χ1v) is 6.35. The molecule has 0 heterocycles. The molecule has 0 fully saturated rings. The maximum Gasteiger partial charge on any atom is 0.194 e. The van der Waals surface area contributed by atoms with Crippen molar-refractivity contribution in [1.82, 2.24) is 0 Å². The van der Waals surface area contributed by atoms with Crippen molar-refractivity contribution >= 4 is 11.6 Å². The van der Waals surface area contributed by atoms with Crippen LogP contribution in [0.25, 0.3) is 0 Å². The van der Waals surface area contributed by atoms with Crippen LogP contribution in [0, 0.1) is 31.3 Å². The van der Waals surface area contributed by atoms with Crippen LogP contribution in [0.2, 0.25) is 5.02 Å². The van der Waals surface area contributed by atoms with Gasteiger partial charge in [-0.2, -0.15) is 0 Å². The normalized spacial score (nSPS) is 12.6. The number of aryl methyl sites for hydroxylation is 2. The molecule has 2 N–H and O–H groups in total. The summed E-state index contributed by atoms with van der Waals surface area (Å²) in [6, 6.07) is 4.44. The van der Waals surface area contributed by atoms with E-state index in [2.05, 4.69) is 0 Å². The van der Waals surface area contributed by atoms with Crippen LogP contribution in [0.15, 0.2) is 24.3 Å². The van der Waals surface area contributed by atoms with E-state index in [0.29, 0.717) is 10.6 Å². The van der Waals surface area contributed by atoms with Gasteiger partial charge in [0.15, 0.2) is 17.5 Å². The third kappa shape index (κ3) is 2.67. The number of hydrogen-bond acceptors (Lipinski definition) is 1. The average molecular weight is 300 g/mol. The van der Waals surface area contributed by atoms with Crippen molar-refractivity contribution in [2.45, 2.75) is 19.9 Å². The van der Waals surface area contributed by atoms with Gasteiger partial charge in [0, 0.05) is 5.02 Å². The van der Waals surface area contributed by atoms with Crippen LogP contribution in [0.3, 0.4) is 0 Å². The number of rotatable bonds is 2. The van der Waals surface area contributed by atoms with E-state index in [1.807, 2.05) is 13.8 Å². The molecule has 1 unspecified atom stereocenters. The second-order valence-corrected chi connectivity index (χ2v) is 5.14. The molecule has 0 aromatic heterocycles. The lowest BCUT2D eigenvalue weighted by Gasteiger charge is -2.16. The van der Waals surface area contributed by atoms with Gasteiger partial charge in [0.25, 0.3) is 0 Å². The molecule has 0 aliphatic carbocycles. The highest BCUT2D eigenvalue weighted by atomic mass is 35.5. The first-order valence-electron chi connectivity index (χ1n) is 5.98. The van der Waals surface area contributed by atoms with Crippen molar-refractivity contribution in [1.29, 1.82) is 0 Å². The smallest absolute Gasteiger partial charge is 0.194 e. The van der Waals surface area contributed by atoms with Crippen LogP contribution in [-0.4, -0.2) is 0 Å². The summed E-state index contributed by atoms with van der Waals surface area (Å²) >= 11 is 6.12. The summed E-state index contributed by atoms with van der Waals surface area (Å²) in [6.07, 6.45) is 0. The fraction of sp³-hybridized carbons (Fsp3) is 0.200. The van der Waals surface area contributed by atoms with Gasteiger partial charge in [0.05, 0.1) is 6.04 Å². The maximum absolute atomic E-state index is 13.3. The van der Waals surface area contributed by atoms with Crippen molar-refractivity contribution in [3.8, 4) is 0 Å². The van der Waals surface area contributed by atoms with Gasteiger partial charge in [-0.15, -0.1) is 0 Å². The van der Waals surface area contributed by atoms with Crippen molar-refractivity contribution < 1.29 is 13.2 Å². The Morgan fingerprint density at radius 3 is 2.00 bits per heavy atom. The Labute approximate surface area is 120 Å². The molecule has 0 radical (unpaired) electrons. The third-order valence-corrected chi connectivity index (χ3v) is 3.64. The Morgan fingerprint density at radius 1 is 0.950 bits per heavy atom. The minimum Gasteiger partial charge on any atom is -0.320 e. The second-order valence-electron chi connectivity index (χ2n) is 4.73. The molecule has 0 saturated heterocycles. The van der Waals surface area contributed by atoms with Crippen LogP contribution in [0.5, 0.6) is 0 Å². The maximum atomic E-state index is 13.3. The molecule has 1 atom stereocenters. The van der Waals surface area contributed by atoms with Crippen molar-refractivity contribution in [2.75, 3.05) is 0 Å². The van der Waals surface area contributed by atoms with Crippen molar-refractivity contribution in [2.24, 2.45) is 5.73 Å². The third-order valence-electron chi connectivity index (χ3n) is 3.31. The van der Waals surface area contributed by atoms with E-state index >= 15 is 0 Å². The fourth-order valence-corrected chi connectivity index (χ4v) is 2.31. The molecule has 1 nitrogen and oxygen atoms in total. The molecule has 0 bridgehead atoms. The van der Waals surface area contributed by atoms with Crippen LogP contribution in [0.4, 0.5) is 13.2 Å². The molecule has 0 saturated carbocycles. The average Bonchev–Trinajstić information content (AvgIpc) is 2.38. The van der Waals surface area contributed by atoms with Crippen molar-refractivity contribution in [3.63, 3.8) is 0 Å². The van der Waals surface area contributed by atoms with Gasteiger partial charge in [0.2, 0.25) is 0 Å². The highest BCUT2D eigenvalue weighted by Gasteiger charge is 2.18. The zero-order valence-electron chi connectivity index (χ0n) is 11.0. The molecule has 106 valence electrons. The summed E-state index contributed by atoms with van der Waals surface area (Å²) in [5.41, 5.74) is 8.61. The molecule has 0 aliphatic heterocycles. The summed E-state index contributed by atoms with van der Waals surface area (Å²) in [4.78, 5) is 0. The predicted molar refractivity (Wildman–Crippen MR) is 73.3 cm³/mol. The Morgan fingerprint density at radius 2 is 1.45 bits per heavy atom. The lowest BCUT2D eigenvalue weighted by Crippen LogP contribution is -2.14. The van der Waals surface area contributed by atoms with E-state index in [9.17, 15) is 13.2 Å². The number of nitrogens with two attached hydrogens (primary N) is 1. The largest absolute Gasteiger partial charge is 0.320 e. The van der Waals surface area contributed by atoms with Crippen LogP contribution in [-0.2, 0) is 0 Å². The summed E-state index contributed by atoms with van der Waals surface area (Å²) in [7, 11) is 0. The van der Waals surface area contributed by atoms with E-state index < -0.39 is 23.5 Å². The van der Waals surface area contributed by atoms with E-state index in [-0.39, 0.29) is 5.56 Å². The number of hydrogen-bond donors (Lipinski definition) is 1. The Hall–Kier alpha value is -1.52. The lowest BCUT2D eigenvalue weighted by molar-refractivity contribution is 0.444. The van der Waals surface area contributed by atoms with Gasteiger partial charge < -0.3 is 5.73 Å². The molecular formula is C15H13ClF3N. The molecule has 5 heteroatoms. The van der Waals surface area contributed by atoms with Gasteiger partial charge >= 0.3 is 0 Å². The van der Waals surface area contributed by atoms with Gasteiger partial charge in [-0.25, -0.2) is 13.2 Å². The molecule has 2 rings (SSSR count). The van der Waals surface area contributed by atoms with E-state index in [4.69, 9.17) is 17.3 Å². The van der Waals surface area contributed by atoms with E-state index in [1.54, 1.807) is 12.1 Å². The summed E-state index contributed by atoms with van der Waals surface area (Å²) in [5, 5.41) is 0.408. The molecule has 0 aliphatic rings. The topological polar surface area (TPSA) is 26.0 Å². The fourth-order valence-electron chi connectivity index (χ4n) is 1.98. The molecule has 2 aromatic carbocycles. The number of halogens is 4. The molecule has 20 heavy (non-hydrogen) atoms. The number of benzene rings is 2. The van der Waals surface area contributed by atoms with Crippen molar-refractivity contribution in [3.05, 3.63) is 69.0 Å². The van der Waals surface area contributed by atoms with Crippen LogP contribution >= 0.6 is 11.6 Å². The SMILES string of the molecule is Cc1cc(Cl)c(C(N)c2cc(F)c(F)c(F)c2)cc1C. The first-order chi connectivity index (χ1) is 9.31. The highest BCUT2D eigenvalue weighted by Crippen LogP contribution is 2.30. The summed E-state index contributed by atoms with van der Waals surface area (Å²) in [5.74, 6) is -4.04. The van der Waals surface area contributed by atoms with E-state index in [0.717, 1.165) is 23.3 Å². The predicted octanol–water partition coefficient (Wildman–Crippen LogP) is 4.42. The Bertz CT molecular complexity index is 647. The second kappa shape index (κ2) is 5.46. The molecule has 0 spiro atoms. The van der Waals surface area contributed by atoms with Gasteiger partial charge in [0.1, 0.15) is 0 Å². The Balaban J connectivity index is 2.51. The quantitative estimate of drug-likeness (QED) is 0.816. The zero-order valence-corrected chi connectivity index (χ0v) is 11.7. The Kier molecular flexibility index (Phi) is 4.06. The summed E-state index contributed by atoms with van der Waals surface area (Å²) < 4.78 is 39.5.